The van der Waals surface area contributed by atoms with E-state index in [1.165, 1.54) is 0 Å². The maximum atomic E-state index is 11.7. The summed E-state index contributed by atoms with van der Waals surface area (Å²) < 4.78 is 2.05. The molecule has 0 spiro atoms. The number of nitrogens with zero attached hydrogens (tertiary/aromatic N) is 3. The van der Waals surface area contributed by atoms with Crippen molar-refractivity contribution in [3.63, 3.8) is 0 Å². The maximum absolute atomic E-state index is 11.7. The maximum Gasteiger partial charge on any atom is 0.224 e. The van der Waals surface area contributed by atoms with Crippen molar-refractivity contribution in [3.8, 4) is 0 Å². The molecular formula is C13H15N3O. The van der Waals surface area contributed by atoms with Crippen molar-refractivity contribution in [1.82, 2.24) is 14.5 Å². The molecule has 2 aromatic rings. The third-order valence-electron chi connectivity index (χ3n) is 3.30. The summed E-state index contributed by atoms with van der Waals surface area (Å²) in [4.78, 5) is 18.0. The van der Waals surface area contributed by atoms with Gasteiger partial charge in [-0.1, -0.05) is 12.1 Å². The van der Waals surface area contributed by atoms with Crippen LogP contribution >= 0.6 is 0 Å². The van der Waals surface area contributed by atoms with Gasteiger partial charge in [0.1, 0.15) is 0 Å². The molecule has 0 aliphatic carbocycles. The predicted octanol–water partition coefficient (Wildman–Crippen LogP) is 1.66. The number of hydrogen-bond acceptors (Lipinski definition) is 2. The number of aryl methyl sites for hydroxylation is 1. The first-order valence-electron chi connectivity index (χ1n) is 6.02. The van der Waals surface area contributed by atoms with Gasteiger partial charge in [0.2, 0.25) is 5.91 Å². The van der Waals surface area contributed by atoms with Crippen molar-refractivity contribution in [3.05, 3.63) is 30.6 Å². The lowest BCUT2D eigenvalue weighted by atomic mass is 10.2. The van der Waals surface area contributed by atoms with E-state index in [1.807, 2.05) is 40.1 Å². The normalized spacial score (nSPS) is 14.9. The quantitative estimate of drug-likeness (QED) is 0.802. The molecule has 2 heterocycles. The molecule has 0 atom stereocenters. The Balaban J connectivity index is 1.70. The molecule has 1 aliphatic heterocycles. The van der Waals surface area contributed by atoms with Crippen LogP contribution in [0.4, 0.5) is 0 Å². The molecule has 3 rings (SSSR count). The van der Waals surface area contributed by atoms with Crippen molar-refractivity contribution >= 4 is 16.9 Å². The van der Waals surface area contributed by atoms with Crippen LogP contribution in [0.5, 0.6) is 0 Å². The number of aromatic nitrogens is 2. The Morgan fingerprint density at radius 3 is 2.88 bits per heavy atom. The van der Waals surface area contributed by atoms with Crippen molar-refractivity contribution < 1.29 is 4.79 Å². The Morgan fingerprint density at radius 2 is 2.12 bits per heavy atom. The Kier molecular flexibility index (Phi) is 2.55. The fourth-order valence-corrected chi connectivity index (χ4v) is 2.13. The number of benzene rings is 1. The molecule has 4 nitrogen and oxygen atoms in total. The SMILES string of the molecule is O=C(CCn1cnc2ccccc21)N1CCC1. The highest BCUT2D eigenvalue weighted by Gasteiger charge is 2.19. The van der Waals surface area contributed by atoms with Gasteiger partial charge in [-0.05, 0) is 18.6 Å². The minimum absolute atomic E-state index is 0.258. The third-order valence-corrected chi connectivity index (χ3v) is 3.30. The monoisotopic (exact) mass is 229 g/mol. The topological polar surface area (TPSA) is 38.1 Å². The van der Waals surface area contributed by atoms with Crippen LogP contribution in [0.25, 0.3) is 11.0 Å². The van der Waals surface area contributed by atoms with Gasteiger partial charge in [0.05, 0.1) is 17.4 Å². The molecule has 1 fully saturated rings. The molecule has 1 amide bonds. The summed E-state index contributed by atoms with van der Waals surface area (Å²) in [5, 5.41) is 0. The standard InChI is InChI=1S/C13H15N3O/c17-13(15-7-3-8-15)6-9-16-10-14-11-4-1-2-5-12(11)16/h1-2,4-5,10H,3,6-9H2. The molecule has 4 heteroatoms. The number of carbonyl (C=O) groups is 1. The molecule has 88 valence electrons. The average Bonchev–Trinajstić information content (AvgIpc) is 2.67. The highest BCUT2D eigenvalue weighted by molar-refractivity contribution is 5.78. The van der Waals surface area contributed by atoms with Crippen LogP contribution in [0, 0.1) is 0 Å². The second-order valence-corrected chi connectivity index (χ2v) is 4.41. The number of rotatable bonds is 3. The Labute approximate surface area is 99.9 Å². The highest BCUT2D eigenvalue weighted by Crippen LogP contribution is 2.13. The van der Waals surface area contributed by atoms with Gasteiger partial charge in [-0.15, -0.1) is 0 Å². The Morgan fingerprint density at radius 1 is 1.29 bits per heavy atom. The van der Waals surface area contributed by atoms with Gasteiger partial charge < -0.3 is 9.47 Å². The summed E-state index contributed by atoms with van der Waals surface area (Å²) in [6, 6.07) is 8.00. The van der Waals surface area contributed by atoms with Crippen LogP contribution in [-0.4, -0.2) is 33.4 Å². The summed E-state index contributed by atoms with van der Waals surface area (Å²) in [5.74, 6) is 0.258. The van der Waals surface area contributed by atoms with Crippen molar-refractivity contribution in [2.75, 3.05) is 13.1 Å². The molecule has 1 aromatic heterocycles. The van der Waals surface area contributed by atoms with E-state index >= 15 is 0 Å². The van der Waals surface area contributed by atoms with Gasteiger partial charge >= 0.3 is 0 Å². The second-order valence-electron chi connectivity index (χ2n) is 4.41. The minimum Gasteiger partial charge on any atom is -0.343 e. The van der Waals surface area contributed by atoms with E-state index in [4.69, 9.17) is 0 Å². The summed E-state index contributed by atoms with van der Waals surface area (Å²) in [5.41, 5.74) is 2.09. The van der Waals surface area contributed by atoms with Crippen LogP contribution in [0.15, 0.2) is 30.6 Å². The molecule has 0 bridgehead atoms. The van der Waals surface area contributed by atoms with E-state index in [0.717, 1.165) is 37.1 Å². The smallest absolute Gasteiger partial charge is 0.224 e. The van der Waals surface area contributed by atoms with Crippen molar-refractivity contribution in [1.29, 1.82) is 0 Å². The van der Waals surface area contributed by atoms with E-state index in [2.05, 4.69) is 4.98 Å². The number of para-hydroxylation sites is 2. The largest absolute Gasteiger partial charge is 0.343 e. The van der Waals surface area contributed by atoms with Crippen LogP contribution in [-0.2, 0) is 11.3 Å². The number of likely N-dealkylation sites (tertiary alicyclic amines) is 1. The lowest BCUT2D eigenvalue weighted by molar-refractivity contribution is -0.134. The first kappa shape index (κ1) is 10.3. The zero-order valence-corrected chi connectivity index (χ0v) is 9.67. The number of imidazole rings is 1. The van der Waals surface area contributed by atoms with Gasteiger partial charge in [-0.2, -0.15) is 0 Å². The van der Waals surface area contributed by atoms with E-state index < -0.39 is 0 Å². The first-order valence-corrected chi connectivity index (χ1v) is 6.02. The molecule has 1 aliphatic rings. The van der Waals surface area contributed by atoms with Crippen LogP contribution in [0.2, 0.25) is 0 Å². The van der Waals surface area contributed by atoms with Crippen LogP contribution in [0.1, 0.15) is 12.8 Å². The molecule has 0 saturated carbocycles. The Bertz CT molecular complexity index is 542. The number of hydrogen-bond donors (Lipinski definition) is 0. The first-order chi connectivity index (χ1) is 8.34. The lowest BCUT2D eigenvalue weighted by Crippen LogP contribution is -2.42. The van der Waals surface area contributed by atoms with Crippen LogP contribution < -0.4 is 0 Å². The van der Waals surface area contributed by atoms with Gasteiger partial charge in [0.15, 0.2) is 0 Å². The fraction of sp³-hybridized carbons (Fsp3) is 0.385. The molecular weight excluding hydrogens is 214 g/mol. The summed E-state index contributed by atoms with van der Waals surface area (Å²) >= 11 is 0. The van der Waals surface area contributed by atoms with E-state index in [1.54, 1.807) is 0 Å². The summed E-state index contributed by atoms with van der Waals surface area (Å²) in [6.45, 7) is 2.59. The van der Waals surface area contributed by atoms with E-state index in [-0.39, 0.29) is 5.91 Å². The van der Waals surface area contributed by atoms with Crippen molar-refractivity contribution in [2.45, 2.75) is 19.4 Å². The number of carbonyl (C=O) groups excluding carboxylic acids is 1. The zero-order chi connectivity index (χ0) is 11.7. The molecule has 1 aromatic carbocycles. The Hall–Kier alpha value is -1.84. The molecule has 17 heavy (non-hydrogen) atoms. The molecule has 1 saturated heterocycles. The molecule has 0 radical (unpaired) electrons. The van der Waals surface area contributed by atoms with Gasteiger partial charge in [0, 0.05) is 26.1 Å². The summed E-state index contributed by atoms with van der Waals surface area (Å²) in [6.07, 6.45) is 3.54. The minimum atomic E-state index is 0.258. The average molecular weight is 229 g/mol. The lowest BCUT2D eigenvalue weighted by Gasteiger charge is -2.30. The zero-order valence-electron chi connectivity index (χ0n) is 9.67. The second kappa shape index (κ2) is 4.20. The summed E-state index contributed by atoms with van der Waals surface area (Å²) in [7, 11) is 0. The van der Waals surface area contributed by atoms with Crippen LogP contribution in [0.3, 0.4) is 0 Å². The van der Waals surface area contributed by atoms with E-state index in [9.17, 15) is 4.79 Å². The van der Waals surface area contributed by atoms with E-state index in [0.29, 0.717) is 6.42 Å². The fourth-order valence-electron chi connectivity index (χ4n) is 2.13. The predicted molar refractivity (Wildman–Crippen MR) is 65.5 cm³/mol. The van der Waals surface area contributed by atoms with Crippen molar-refractivity contribution in [2.24, 2.45) is 0 Å². The third kappa shape index (κ3) is 1.90. The molecule has 0 N–H and O–H groups in total. The number of amides is 1. The molecule has 0 unspecified atom stereocenters. The van der Waals surface area contributed by atoms with Gasteiger partial charge in [0.25, 0.3) is 0 Å². The van der Waals surface area contributed by atoms with Gasteiger partial charge in [-0.25, -0.2) is 4.98 Å². The number of fused-ring (bicyclic) bond motifs is 1. The van der Waals surface area contributed by atoms with Gasteiger partial charge in [-0.3, -0.25) is 4.79 Å². The highest BCUT2D eigenvalue weighted by atomic mass is 16.2.